The molecule has 2 heterocycles. The zero-order chi connectivity index (χ0) is 14.7. The maximum Gasteiger partial charge on any atom is 0.181 e. The van der Waals surface area contributed by atoms with Gasteiger partial charge in [-0.05, 0) is 38.0 Å². The van der Waals surface area contributed by atoms with E-state index in [0.29, 0.717) is 11.6 Å². The van der Waals surface area contributed by atoms with Gasteiger partial charge in [0, 0.05) is 0 Å². The first-order chi connectivity index (χ1) is 10.3. The van der Waals surface area contributed by atoms with Gasteiger partial charge in [0.2, 0.25) is 0 Å². The van der Waals surface area contributed by atoms with Gasteiger partial charge in [0.05, 0.1) is 12.4 Å². The molecule has 0 saturated heterocycles. The molecular weight excluding hydrogens is 284 g/mol. The number of aromatic nitrogens is 4. The van der Waals surface area contributed by atoms with Gasteiger partial charge in [-0.3, -0.25) is 0 Å². The van der Waals surface area contributed by atoms with Gasteiger partial charge in [-0.2, -0.15) is 5.26 Å². The van der Waals surface area contributed by atoms with E-state index in [1.165, 1.54) is 0 Å². The van der Waals surface area contributed by atoms with Crippen molar-refractivity contribution in [3.63, 3.8) is 0 Å². The number of thioether (sulfide) groups is 1. The molecule has 7 heteroatoms. The van der Waals surface area contributed by atoms with Crippen LogP contribution in [0.1, 0.15) is 25.7 Å². The lowest BCUT2D eigenvalue weighted by atomic mass is 9.87. The second-order valence-corrected chi connectivity index (χ2v) is 6.42. The summed E-state index contributed by atoms with van der Waals surface area (Å²) < 4.78 is 0. The minimum atomic E-state index is -0.338. The van der Waals surface area contributed by atoms with Crippen molar-refractivity contribution in [1.82, 2.24) is 25.3 Å². The number of nitrogens with zero attached hydrogens (tertiary/aromatic N) is 4. The lowest BCUT2D eigenvalue weighted by molar-refractivity contribution is 0.332. The minimum absolute atomic E-state index is 0.338. The molecule has 2 aromatic rings. The molecule has 1 fully saturated rings. The Kier molecular flexibility index (Phi) is 4.08. The Morgan fingerprint density at radius 3 is 3.24 bits per heavy atom. The Morgan fingerprint density at radius 1 is 1.52 bits per heavy atom. The predicted molar refractivity (Wildman–Crippen MR) is 81.8 cm³/mol. The third-order valence-corrected chi connectivity index (χ3v) is 5.38. The zero-order valence-corrected chi connectivity index (χ0v) is 12.8. The van der Waals surface area contributed by atoms with E-state index in [4.69, 9.17) is 0 Å². The average molecular weight is 302 g/mol. The average Bonchev–Trinajstić information content (AvgIpc) is 3.14. The quantitative estimate of drug-likeness (QED) is 0.649. The van der Waals surface area contributed by atoms with Gasteiger partial charge in [0.25, 0.3) is 0 Å². The number of imidazole rings is 1. The zero-order valence-electron chi connectivity index (χ0n) is 12.0. The van der Waals surface area contributed by atoms with Gasteiger partial charge in [-0.25, -0.2) is 15.0 Å². The third kappa shape index (κ3) is 2.61. The highest BCUT2D eigenvalue weighted by Crippen LogP contribution is 2.38. The highest BCUT2D eigenvalue weighted by molar-refractivity contribution is 7.99. The summed E-state index contributed by atoms with van der Waals surface area (Å²) in [4.78, 5) is 15.7. The van der Waals surface area contributed by atoms with Gasteiger partial charge in [0.1, 0.15) is 22.4 Å². The highest BCUT2D eigenvalue weighted by Gasteiger charge is 2.41. The van der Waals surface area contributed by atoms with Crippen LogP contribution >= 0.6 is 11.8 Å². The molecule has 0 aromatic carbocycles. The molecule has 110 valence electrons. The Balaban J connectivity index is 1.64. The molecule has 2 aromatic heterocycles. The largest absolute Gasteiger partial charge is 0.341 e. The van der Waals surface area contributed by atoms with Crippen molar-refractivity contribution in [2.24, 2.45) is 5.92 Å². The van der Waals surface area contributed by atoms with Gasteiger partial charge >= 0.3 is 0 Å². The number of hydrogen-bond acceptors (Lipinski definition) is 6. The van der Waals surface area contributed by atoms with Crippen molar-refractivity contribution >= 4 is 22.9 Å². The highest BCUT2D eigenvalue weighted by atomic mass is 32.2. The van der Waals surface area contributed by atoms with Crippen LogP contribution in [0.2, 0.25) is 0 Å². The van der Waals surface area contributed by atoms with Crippen LogP contribution < -0.4 is 5.32 Å². The number of nitriles is 1. The number of fused-ring (bicyclic) bond motifs is 1. The molecule has 1 aliphatic carbocycles. The molecule has 0 aliphatic heterocycles. The van der Waals surface area contributed by atoms with Gasteiger partial charge in [-0.1, -0.05) is 6.42 Å². The number of aromatic amines is 1. The molecule has 2 unspecified atom stereocenters. The molecule has 3 rings (SSSR count). The van der Waals surface area contributed by atoms with Gasteiger partial charge in [0.15, 0.2) is 5.65 Å². The normalized spacial score (nSPS) is 25.2. The fourth-order valence-corrected chi connectivity index (χ4v) is 4.16. The van der Waals surface area contributed by atoms with Crippen molar-refractivity contribution in [3.8, 4) is 6.07 Å². The summed E-state index contributed by atoms with van der Waals surface area (Å²) in [6.07, 6.45) is 7.41. The Labute approximate surface area is 127 Å². The summed E-state index contributed by atoms with van der Waals surface area (Å²) in [7, 11) is 1.90. The molecular formula is C14H18N6S. The van der Waals surface area contributed by atoms with E-state index < -0.39 is 0 Å². The van der Waals surface area contributed by atoms with Crippen LogP contribution in [0.15, 0.2) is 17.7 Å². The number of rotatable bonds is 5. The van der Waals surface area contributed by atoms with Crippen LogP contribution in [0.4, 0.5) is 0 Å². The van der Waals surface area contributed by atoms with Crippen molar-refractivity contribution in [1.29, 1.82) is 5.26 Å². The third-order valence-electron chi connectivity index (χ3n) is 4.36. The van der Waals surface area contributed by atoms with Crippen molar-refractivity contribution < 1.29 is 0 Å². The SMILES string of the molecule is CNC1(C#N)CCCC1CCSc1ncnc2nc[nH]c12. The first-order valence-electron chi connectivity index (χ1n) is 7.16. The summed E-state index contributed by atoms with van der Waals surface area (Å²) in [6.45, 7) is 0. The fourth-order valence-electron chi connectivity index (χ4n) is 3.15. The molecule has 0 radical (unpaired) electrons. The van der Waals surface area contributed by atoms with Gasteiger partial charge in [-0.15, -0.1) is 11.8 Å². The topological polar surface area (TPSA) is 90.3 Å². The van der Waals surface area contributed by atoms with E-state index in [1.54, 1.807) is 24.4 Å². The maximum atomic E-state index is 9.46. The molecule has 1 saturated carbocycles. The minimum Gasteiger partial charge on any atom is -0.341 e. The lowest BCUT2D eigenvalue weighted by Gasteiger charge is -2.28. The van der Waals surface area contributed by atoms with E-state index in [9.17, 15) is 5.26 Å². The van der Waals surface area contributed by atoms with Crippen LogP contribution in [-0.2, 0) is 0 Å². The predicted octanol–water partition coefficient (Wildman–Crippen LogP) is 2.12. The maximum absolute atomic E-state index is 9.46. The second-order valence-electron chi connectivity index (χ2n) is 5.34. The Morgan fingerprint density at radius 2 is 2.43 bits per heavy atom. The summed E-state index contributed by atoms with van der Waals surface area (Å²) >= 11 is 1.70. The summed E-state index contributed by atoms with van der Waals surface area (Å²) in [5, 5.41) is 13.6. The van der Waals surface area contributed by atoms with E-state index in [2.05, 4.69) is 31.3 Å². The van der Waals surface area contributed by atoms with E-state index in [1.807, 2.05) is 7.05 Å². The second kappa shape index (κ2) is 6.00. The molecule has 0 amide bonds. The van der Waals surface area contributed by atoms with E-state index in [0.717, 1.165) is 42.0 Å². The first-order valence-corrected chi connectivity index (χ1v) is 8.14. The van der Waals surface area contributed by atoms with Crippen LogP contribution in [0.5, 0.6) is 0 Å². The summed E-state index contributed by atoms with van der Waals surface area (Å²) in [5.74, 6) is 1.36. The molecule has 21 heavy (non-hydrogen) atoms. The van der Waals surface area contributed by atoms with E-state index >= 15 is 0 Å². The van der Waals surface area contributed by atoms with Crippen molar-refractivity contribution in [2.75, 3.05) is 12.8 Å². The Hall–Kier alpha value is -1.65. The van der Waals surface area contributed by atoms with Crippen LogP contribution in [0, 0.1) is 17.2 Å². The smallest absolute Gasteiger partial charge is 0.181 e. The fraction of sp³-hybridized carbons (Fsp3) is 0.571. The van der Waals surface area contributed by atoms with Crippen LogP contribution in [-0.4, -0.2) is 38.3 Å². The summed E-state index contributed by atoms with van der Waals surface area (Å²) in [6, 6.07) is 2.49. The molecule has 6 nitrogen and oxygen atoms in total. The first kappa shape index (κ1) is 14.3. The Bertz CT molecular complexity index is 663. The van der Waals surface area contributed by atoms with Crippen molar-refractivity contribution in [3.05, 3.63) is 12.7 Å². The molecule has 0 spiro atoms. The molecule has 2 N–H and O–H groups in total. The van der Waals surface area contributed by atoms with Crippen molar-refractivity contribution in [2.45, 2.75) is 36.2 Å². The van der Waals surface area contributed by atoms with Gasteiger partial charge < -0.3 is 10.3 Å². The standard InChI is InChI=1S/C14H18N6S/c1-16-14(7-15)5-2-3-10(14)4-6-21-13-11-12(18-8-17-11)19-9-20-13/h8-10,16H,2-6H2,1H3,(H,17,18,19,20). The number of hydrogen-bond donors (Lipinski definition) is 2. The monoisotopic (exact) mass is 302 g/mol. The van der Waals surface area contributed by atoms with E-state index in [-0.39, 0.29) is 5.54 Å². The van der Waals surface area contributed by atoms with Crippen LogP contribution in [0.3, 0.4) is 0 Å². The summed E-state index contributed by atoms with van der Waals surface area (Å²) in [5.41, 5.74) is 1.26. The number of H-pyrrole nitrogens is 1. The molecule has 0 bridgehead atoms. The molecule has 2 atom stereocenters. The number of nitrogens with one attached hydrogen (secondary N) is 2. The lowest BCUT2D eigenvalue weighted by Crippen LogP contribution is -2.44. The van der Waals surface area contributed by atoms with Crippen LogP contribution in [0.25, 0.3) is 11.2 Å². The molecule has 1 aliphatic rings.